The van der Waals surface area contributed by atoms with E-state index in [1.807, 2.05) is 18.2 Å². The molecule has 1 amide bonds. The van der Waals surface area contributed by atoms with Crippen molar-refractivity contribution >= 4 is 11.6 Å². The lowest BCUT2D eigenvalue weighted by molar-refractivity contribution is -0.118. The number of nitrogens with one attached hydrogen (secondary N) is 1. The molecule has 0 spiro atoms. The lowest BCUT2D eigenvalue weighted by atomic mass is 10.2. The molecule has 1 aliphatic heterocycles. The summed E-state index contributed by atoms with van der Waals surface area (Å²) in [6, 6.07) is 5.79. The Morgan fingerprint density at radius 2 is 2.25 bits per heavy atom. The SMILES string of the molecule is NC(=O)Cn1cc(NCc2ccc3c(c2)OCO3)cn1. The first kappa shape index (κ1) is 12.3. The number of carbonyl (C=O) groups excluding carboxylic acids is 1. The zero-order chi connectivity index (χ0) is 13.9. The molecular weight excluding hydrogens is 260 g/mol. The van der Waals surface area contributed by atoms with Gasteiger partial charge in [0.05, 0.1) is 11.9 Å². The lowest BCUT2D eigenvalue weighted by Gasteiger charge is -2.04. The van der Waals surface area contributed by atoms with Gasteiger partial charge in [0.15, 0.2) is 11.5 Å². The van der Waals surface area contributed by atoms with Gasteiger partial charge < -0.3 is 20.5 Å². The van der Waals surface area contributed by atoms with Crippen molar-refractivity contribution in [3.63, 3.8) is 0 Å². The molecule has 7 heteroatoms. The number of nitrogens with two attached hydrogens (primary N) is 1. The number of rotatable bonds is 5. The summed E-state index contributed by atoms with van der Waals surface area (Å²) in [5, 5.41) is 7.25. The van der Waals surface area contributed by atoms with Crippen LogP contribution < -0.4 is 20.5 Å². The van der Waals surface area contributed by atoms with Crippen molar-refractivity contribution in [1.82, 2.24) is 9.78 Å². The van der Waals surface area contributed by atoms with Gasteiger partial charge >= 0.3 is 0 Å². The molecule has 1 aliphatic rings. The van der Waals surface area contributed by atoms with Crippen molar-refractivity contribution in [3.05, 3.63) is 36.2 Å². The number of ether oxygens (including phenoxy) is 2. The first-order chi connectivity index (χ1) is 9.70. The standard InChI is InChI=1S/C13H14N4O3/c14-13(18)7-17-6-10(5-16-17)15-4-9-1-2-11-12(3-9)20-8-19-11/h1-3,5-6,15H,4,7-8H2,(H2,14,18). The maximum absolute atomic E-state index is 10.8. The first-order valence-electron chi connectivity index (χ1n) is 6.14. The second-order valence-electron chi connectivity index (χ2n) is 4.43. The fraction of sp³-hybridized carbons (Fsp3) is 0.231. The van der Waals surface area contributed by atoms with Crippen molar-refractivity contribution in [2.75, 3.05) is 12.1 Å². The molecule has 2 heterocycles. The van der Waals surface area contributed by atoms with E-state index in [0.717, 1.165) is 22.7 Å². The van der Waals surface area contributed by atoms with Crippen molar-refractivity contribution in [1.29, 1.82) is 0 Å². The molecule has 20 heavy (non-hydrogen) atoms. The van der Waals surface area contributed by atoms with E-state index in [1.165, 1.54) is 4.68 Å². The molecule has 7 nitrogen and oxygen atoms in total. The van der Waals surface area contributed by atoms with Crippen LogP contribution in [0.2, 0.25) is 0 Å². The molecule has 0 atom stereocenters. The van der Waals surface area contributed by atoms with Crippen LogP contribution in [0.15, 0.2) is 30.6 Å². The number of aromatic nitrogens is 2. The molecule has 3 N–H and O–H groups in total. The highest BCUT2D eigenvalue weighted by Crippen LogP contribution is 2.32. The van der Waals surface area contributed by atoms with E-state index in [0.29, 0.717) is 6.54 Å². The van der Waals surface area contributed by atoms with Gasteiger partial charge in [0.1, 0.15) is 6.54 Å². The maximum Gasteiger partial charge on any atom is 0.239 e. The van der Waals surface area contributed by atoms with Crippen molar-refractivity contribution in [2.24, 2.45) is 5.73 Å². The van der Waals surface area contributed by atoms with Gasteiger partial charge in [0.2, 0.25) is 12.7 Å². The monoisotopic (exact) mass is 274 g/mol. The van der Waals surface area contributed by atoms with E-state index in [1.54, 1.807) is 12.4 Å². The normalized spacial score (nSPS) is 12.4. The highest BCUT2D eigenvalue weighted by molar-refractivity contribution is 5.73. The number of hydrogen-bond donors (Lipinski definition) is 2. The minimum Gasteiger partial charge on any atom is -0.454 e. The molecule has 0 unspecified atom stereocenters. The van der Waals surface area contributed by atoms with Gasteiger partial charge in [0, 0.05) is 12.7 Å². The smallest absolute Gasteiger partial charge is 0.239 e. The number of hydrogen-bond acceptors (Lipinski definition) is 5. The number of carbonyl (C=O) groups is 1. The van der Waals surface area contributed by atoms with Gasteiger partial charge in [-0.3, -0.25) is 9.48 Å². The molecule has 0 fully saturated rings. The minimum absolute atomic E-state index is 0.0751. The molecule has 0 aliphatic carbocycles. The summed E-state index contributed by atoms with van der Waals surface area (Å²) in [6.45, 7) is 0.969. The van der Waals surface area contributed by atoms with Crippen LogP contribution >= 0.6 is 0 Å². The second-order valence-corrected chi connectivity index (χ2v) is 4.43. The number of fused-ring (bicyclic) bond motifs is 1. The summed E-state index contributed by atoms with van der Waals surface area (Å²) in [5.41, 5.74) is 6.99. The molecule has 0 saturated heterocycles. The molecule has 3 rings (SSSR count). The van der Waals surface area contributed by atoms with Crippen molar-refractivity contribution in [2.45, 2.75) is 13.1 Å². The third kappa shape index (κ3) is 2.66. The summed E-state index contributed by atoms with van der Waals surface area (Å²) >= 11 is 0. The van der Waals surface area contributed by atoms with Gasteiger partial charge in [-0.05, 0) is 17.7 Å². The highest BCUT2D eigenvalue weighted by atomic mass is 16.7. The third-order valence-corrected chi connectivity index (χ3v) is 2.88. The van der Waals surface area contributed by atoms with E-state index in [2.05, 4.69) is 10.4 Å². The summed E-state index contributed by atoms with van der Waals surface area (Å²) in [7, 11) is 0. The van der Waals surface area contributed by atoms with Crippen LogP contribution in [0.4, 0.5) is 5.69 Å². The Hall–Kier alpha value is -2.70. The predicted octanol–water partition coefficient (Wildman–Crippen LogP) is 0.709. The highest BCUT2D eigenvalue weighted by Gasteiger charge is 2.13. The first-order valence-corrected chi connectivity index (χ1v) is 6.14. The summed E-state index contributed by atoms with van der Waals surface area (Å²) in [6.07, 6.45) is 3.38. The molecular formula is C13H14N4O3. The lowest BCUT2D eigenvalue weighted by Crippen LogP contribution is -2.18. The number of anilines is 1. The summed E-state index contributed by atoms with van der Waals surface area (Å²) < 4.78 is 12.1. The Morgan fingerprint density at radius 1 is 1.40 bits per heavy atom. The average molecular weight is 274 g/mol. The van der Waals surface area contributed by atoms with E-state index in [4.69, 9.17) is 15.2 Å². The number of benzene rings is 1. The van der Waals surface area contributed by atoms with Crippen LogP contribution in [0.3, 0.4) is 0 Å². The van der Waals surface area contributed by atoms with Crippen LogP contribution in [0, 0.1) is 0 Å². The molecule has 0 radical (unpaired) electrons. The Kier molecular flexibility index (Phi) is 3.16. The topological polar surface area (TPSA) is 91.4 Å². The number of primary amides is 1. The van der Waals surface area contributed by atoms with Gasteiger partial charge in [-0.15, -0.1) is 0 Å². The van der Waals surface area contributed by atoms with Crippen LogP contribution in [0.25, 0.3) is 0 Å². The molecule has 0 saturated carbocycles. The van der Waals surface area contributed by atoms with Crippen molar-refractivity contribution < 1.29 is 14.3 Å². The summed E-state index contributed by atoms with van der Waals surface area (Å²) in [5.74, 6) is 1.10. The fourth-order valence-electron chi connectivity index (χ4n) is 1.96. The molecule has 2 aromatic rings. The Bertz CT molecular complexity index is 638. The number of nitrogens with zero attached hydrogens (tertiary/aromatic N) is 2. The fourth-order valence-corrected chi connectivity index (χ4v) is 1.96. The van der Waals surface area contributed by atoms with E-state index < -0.39 is 5.91 Å². The largest absolute Gasteiger partial charge is 0.454 e. The minimum atomic E-state index is -0.421. The Morgan fingerprint density at radius 3 is 3.10 bits per heavy atom. The summed E-state index contributed by atoms with van der Waals surface area (Å²) in [4.78, 5) is 10.8. The van der Waals surface area contributed by atoms with E-state index in [9.17, 15) is 4.79 Å². The van der Waals surface area contributed by atoms with E-state index >= 15 is 0 Å². The Balaban J connectivity index is 1.61. The average Bonchev–Trinajstić information content (AvgIpc) is 3.03. The molecule has 1 aromatic carbocycles. The molecule has 1 aromatic heterocycles. The zero-order valence-electron chi connectivity index (χ0n) is 10.7. The van der Waals surface area contributed by atoms with Gasteiger partial charge in [-0.25, -0.2) is 0 Å². The molecule has 104 valence electrons. The van der Waals surface area contributed by atoms with Gasteiger partial charge in [-0.2, -0.15) is 5.10 Å². The zero-order valence-corrected chi connectivity index (χ0v) is 10.7. The van der Waals surface area contributed by atoms with Crippen LogP contribution in [-0.4, -0.2) is 22.5 Å². The maximum atomic E-state index is 10.8. The van der Waals surface area contributed by atoms with Crippen LogP contribution in [0.1, 0.15) is 5.56 Å². The van der Waals surface area contributed by atoms with Gasteiger partial charge in [0.25, 0.3) is 0 Å². The van der Waals surface area contributed by atoms with E-state index in [-0.39, 0.29) is 13.3 Å². The van der Waals surface area contributed by atoms with Crippen LogP contribution in [-0.2, 0) is 17.9 Å². The Labute approximate surface area is 115 Å². The second kappa shape index (κ2) is 5.12. The van der Waals surface area contributed by atoms with Gasteiger partial charge in [-0.1, -0.05) is 6.07 Å². The van der Waals surface area contributed by atoms with Crippen LogP contribution in [0.5, 0.6) is 11.5 Å². The number of amides is 1. The molecule has 0 bridgehead atoms. The predicted molar refractivity (Wildman–Crippen MR) is 71.3 cm³/mol. The quantitative estimate of drug-likeness (QED) is 0.837. The van der Waals surface area contributed by atoms with Crippen molar-refractivity contribution in [3.8, 4) is 11.5 Å². The third-order valence-electron chi connectivity index (χ3n) is 2.88.